The molecule has 2 aromatic rings. The number of rotatable bonds is 5. The van der Waals surface area contributed by atoms with E-state index in [1.165, 1.54) is 0 Å². The SMILES string of the molecule is O=C(Nc1cccc(CS(=O)(=O)C2CCCCC2)c1)c1cccc(Br)c1. The average molecular weight is 436 g/mol. The van der Waals surface area contributed by atoms with E-state index in [4.69, 9.17) is 0 Å². The minimum Gasteiger partial charge on any atom is -0.322 e. The normalized spacial score (nSPS) is 15.6. The van der Waals surface area contributed by atoms with Gasteiger partial charge in [0.2, 0.25) is 0 Å². The van der Waals surface area contributed by atoms with Crippen LogP contribution >= 0.6 is 15.9 Å². The lowest BCUT2D eigenvalue weighted by molar-refractivity contribution is 0.102. The standard InChI is InChI=1S/C20H22BrNO3S/c21-17-8-5-7-16(13-17)20(23)22-18-9-4-6-15(12-18)14-26(24,25)19-10-2-1-3-11-19/h4-9,12-13,19H,1-3,10-11,14H2,(H,22,23). The predicted octanol–water partition coefficient (Wildman–Crippen LogP) is 4.95. The summed E-state index contributed by atoms with van der Waals surface area (Å²) in [7, 11) is -3.16. The van der Waals surface area contributed by atoms with Gasteiger partial charge < -0.3 is 5.32 Å². The maximum Gasteiger partial charge on any atom is 0.255 e. The van der Waals surface area contributed by atoms with E-state index in [-0.39, 0.29) is 16.9 Å². The second kappa shape index (κ2) is 8.35. The summed E-state index contributed by atoms with van der Waals surface area (Å²) >= 11 is 3.35. The van der Waals surface area contributed by atoms with E-state index >= 15 is 0 Å². The number of amides is 1. The lowest BCUT2D eigenvalue weighted by atomic mass is 10.0. The molecule has 3 rings (SSSR count). The number of carbonyl (C=O) groups excluding carboxylic acids is 1. The lowest BCUT2D eigenvalue weighted by Crippen LogP contribution is -2.25. The molecular weight excluding hydrogens is 414 g/mol. The summed E-state index contributed by atoms with van der Waals surface area (Å²) in [4.78, 5) is 12.4. The molecule has 0 bridgehead atoms. The summed E-state index contributed by atoms with van der Waals surface area (Å²) in [6, 6.07) is 14.2. The third-order valence-corrected chi connectivity index (χ3v) is 7.42. The fourth-order valence-electron chi connectivity index (χ4n) is 3.35. The van der Waals surface area contributed by atoms with Crippen molar-refractivity contribution in [2.45, 2.75) is 43.1 Å². The molecule has 0 radical (unpaired) electrons. The molecule has 0 atom stereocenters. The van der Waals surface area contributed by atoms with Crippen LogP contribution < -0.4 is 5.32 Å². The van der Waals surface area contributed by atoms with E-state index in [1.54, 1.807) is 42.5 Å². The zero-order chi connectivity index (χ0) is 18.6. The van der Waals surface area contributed by atoms with Crippen LogP contribution in [0.25, 0.3) is 0 Å². The van der Waals surface area contributed by atoms with Crippen molar-refractivity contribution in [1.29, 1.82) is 0 Å². The van der Waals surface area contributed by atoms with E-state index < -0.39 is 9.84 Å². The van der Waals surface area contributed by atoms with Crippen molar-refractivity contribution in [3.63, 3.8) is 0 Å². The van der Waals surface area contributed by atoms with Crippen molar-refractivity contribution in [1.82, 2.24) is 0 Å². The number of carbonyl (C=O) groups is 1. The quantitative estimate of drug-likeness (QED) is 0.722. The first-order chi connectivity index (χ1) is 12.4. The molecule has 4 nitrogen and oxygen atoms in total. The second-order valence-electron chi connectivity index (χ2n) is 6.73. The molecule has 138 valence electrons. The van der Waals surface area contributed by atoms with E-state index in [0.717, 1.165) is 36.6 Å². The summed E-state index contributed by atoms with van der Waals surface area (Å²) in [5.74, 6) is -0.197. The van der Waals surface area contributed by atoms with E-state index in [1.807, 2.05) is 6.07 Å². The van der Waals surface area contributed by atoms with Crippen molar-refractivity contribution < 1.29 is 13.2 Å². The smallest absolute Gasteiger partial charge is 0.255 e. The molecule has 0 saturated heterocycles. The average Bonchev–Trinajstić information content (AvgIpc) is 2.62. The molecule has 1 aliphatic rings. The van der Waals surface area contributed by atoms with E-state index in [9.17, 15) is 13.2 Å². The maximum absolute atomic E-state index is 12.7. The van der Waals surface area contributed by atoms with Gasteiger partial charge in [-0.05, 0) is 48.7 Å². The molecule has 1 saturated carbocycles. The molecule has 0 unspecified atom stereocenters. The van der Waals surface area contributed by atoms with Gasteiger partial charge in [-0.2, -0.15) is 0 Å². The Morgan fingerprint density at radius 3 is 2.50 bits per heavy atom. The highest BCUT2D eigenvalue weighted by Gasteiger charge is 2.27. The van der Waals surface area contributed by atoms with Gasteiger partial charge in [0.15, 0.2) is 9.84 Å². The Morgan fingerprint density at radius 2 is 1.77 bits per heavy atom. The van der Waals surface area contributed by atoms with Gasteiger partial charge in [0.05, 0.1) is 11.0 Å². The summed E-state index contributed by atoms with van der Waals surface area (Å²) in [5.41, 5.74) is 1.86. The Bertz CT molecular complexity index is 889. The number of hydrogen-bond acceptors (Lipinski definition) is 3. The van der Waals surface area contributed by atoms with Gasteiger partial charge in [-0.15, -0.1) is 0 Å². The van der Waals surface area contributed by atoms with Crippen LogP contribution in [-0.4, -0.2) is 19.6 Å². The summed E-state index contributed by atoms with van der Waals surface area (Å²) in [6.45, 7) is 0. The third kappa shape index (κ3) is 4.95. The van der Waals surface area contributed by atoms with E-state index in [2.05, 4.69) is 21.2 Å². The van der Waals surface area contributed by atoms with Crippen LogP contribution in [-0.2, 0) is 15.6 Å². The van der Waals surface area contributed by atoms with Crippen LogP contribution in [0.1, 0.15) is 48.0 Å². The van der Waals surface area contributed by atoms with Crippen LogP contribution in [0.3, 0.4) is 0 Å². The molecule has 1 fully saturated rings. The van der Waals surface area contributed by atoms with Gasteiger partial charge in [0.1, 0.15) is 0 Å². The topological polar surface area (TPSA) is 63.2 Å². The Hall–Kier alpha value is -1.66. The first-order valence-corrected chi connectivity index (χ1v) is 11.3. The van der Waals surface area contributed by atoms with Crippen molar-refractivity contribution >= 4 is 37.4 Å². The summed E-state index contributed by atoms with van der Waals surface area (Å²) in [5, 5.41) is 2.61. The fraction of sp³-hybridized carbons (Fsp3) is 0.350. The Labute approximate surface area is 163 Å². The second-order valence-corrected chi connectivity index (χ2v) is 9.93. The van der Waals surface area contributed by atoms with E-state index in [0.29, 0.717) is 16.8 Å². The molecule has 0 aromatic heterocycles. The highest BCUT2D eigenvalue weighted by Crippen LogP contribution is 2.26. The fourth-order valence-corrected chi connectivity index (χ4v) is 5.68. The summed E-state index contributed by atoms with van der Waals surface area (Å²) < 4.78 is 26.1. The Balaban J connectivity index is 1.71. The first kappa shape index (κ1) is 19.1. The molecular formula is C20H22BrNO3S. The first-order valence-electron chi connectivity index (χ1n) is 8.81. The maximum atomic E-state index is 12.7. The molecule has 26 heavy (non-hydrogen) atoms. The highest BCUT2D eigenvalue weighted by molar-refractivity contribution is 9.10. The number of nitrogens with one attached hydrogen (secondary N) is 1. The largest absolute Gasteiger partial charge is 0.322 e. The van der Waals surface area contributed by atoms with Crippen LogP contribution in [0.4, 0.5) is 5.69 Å². The molecule has 6 heteroatoms. The Kier molecular flexibility index (Phi) is 6.14. The molecule has 2 aromatic carbocycles. The van der Waals surface area contributed by atoms with Crippen molar-refractivity contribution in [2.24, 2.45) is 0 Å². The number of sulfone groups is 1. The van der Waals surface area contributed by atoms with Gasteiger partial charge in [0, 0.05) is 15.7 Å². The van der Waals surface area contributed by atoms with Crippen LogP contribution in [0, 0.1) is 0 Å². The van der Waals surface area contributed by atoms with Gasteiger partial charge in [-0.3, -0.25) is 4.79 Å². The Morgan fingerprint density at radius 1 is 1.04 bits per heavy atom. The van der Waals surface area contributed by atoms with Gasteiger partial charge in [-0.25, -0.2) is 8.42 Å². The van der Waals surface area contributed by atoms with Crippen LogP contribution in [0.15, 0.2) is 53.0 Å². The monoisotopic (exact) mass is 435 g/mol. The molecule has 0 aliphatic heterocycles. The van der Waals surface area contributed by atoms with Crippen LogP contribution in [0.5, 0.6) is 0 Å². The zero-order valence-electron chi connectivity index (χ0n) is 14.4. The number of benzene rings is 2. The molecule has 1 amide bonds. The number of hydrogen-bond donors (Lipinski definition) is 1. The highest BCUT2D eigenvalue weighted by atomic mass is 79.9. The van der Waals surface area contributed by atoms with Gasteiger partial charge in [-0.1, -0.05) is 53.4 Å². The zero-order valence-corrected chi connectivity index (χ0v) is 16.9. The van der Waals surface area contributed by atoms with Crippen molar-refractivity contribution in [3.8, 4) is 0 Å². The number of anilines is 1. The molecule has 0 spiro atoms. The summed E-state index contributed by atoms with van der Waals surface area (Å²) in [6.07, 6.45) is 4.64. The lowest BCUT2D eigenvalue weighted by Gasteiger charge is -2.21. The third-order valence-electron chi connectivity index (χ3n) is 4.70. The molecule has 0 heterocycles. The number of halogens is 1. The minimum absolute atomic E-state index is 0.0261. The van der Waals surface area contributed by atoms with Gasteiger partial charge in [0.25, 0.3) is 5.91 Å². The minimum atomic E-state index is -3.16. The molecule has 1 N–H and O–H groups in total. The van der Waals surface area contributed by atoms with Crippen molar-refractivity contribution in [2.75, 3.05) is 5.32 Å². The van der Waals surface area contributed by atoms with Gasteiger partial charge >= 0.3 is 0 Å². The van der Waals surface area contributed by atoms with Crippen LogP contribution in [0.2, 0.25) is 0 Å². The predicted molar refractivity (Wildman–Crippen MR) is 108 cm³/mol. The molecule has 1 aliphatic carbocycles. The van der Waals surface area contributed by atoms with Crippen molar-refractivity contribution in [3.05, 3.63) is 64.1 Å².